The molecule has 0 saturated heterocycles. The van der Waals surface area contributed by atoms with E-state index < -0.39 is 0 Å². The maximum Gasteiger partial charge on any atom is 0.155 e. The molecule has 0 heterocycles. The third-order valence-corrected chi connectivity index (χ3v) is 4.04. The summed E-state index contributed by atoms with van der Waals surface area (Å²) in [5.74, 6) is 1.57. The molecule has 0 aromatic heterocycles. The van der Waals surface area contributed by atoms with Gasteiger partial charge in [0.1, 0.15) is 11.5 Å². The van der Waals surface area contributed by atoms with Gasteiger partial charge in [0.15, 0.2) is 5.78 Å². The molecular formula is C23H20O2. The van der Waals surface area contributed by atoms with Crippen molar-refractivity contribution in [2.75, 3.05) is 0 Å². The topological polar surface area (TPSA) is 26.3 Å². The number of hydrogen-bond donors (Lipinski definition) is 0. The van der Waals surface area contributed by atoms with Gasteiger partial charge in [0.05, 0.1) is 0 Å². The van der Waals surface area contributed by atoms with E-state index >= 15 is 0 Å². The lowest BCUT2D eigenvalue weighted by Gasteiger charge is -2.13. The van der Waals surface area contributed by atoms with E-state index in [1.54, 1.807) is 6.92 Å². The minimum Gasteiger partial charge on any atom is -0.456 e. The largest absolute Gasteiger partial charge is 0.456 e. The first-order chi connectivity index (χ1) is 12.1. The minimum atomic E-state index is 0.0551. The smallest absolute Gasteiger partial charge is 0.155 e. The first-order valence-corrected chi connectivity index (χ1v) is 8.26. The van der Waals surface area contributed by atoms with E-state index in [0.717, 1.165) is 28.2 Å². The van der Waals surface area contributed by atoms with Crippen molar-refractivity contribution in [1.29, 1.82) is 0 Å². The molecule has 0 amide bonds. The SMILES string of the molecule is CC(=O)/C(C)=C/c1ccccc1Oc1ccccc1-c1ccccc1. The van der Waals surface area contributed by atoms with Crippen LogP contribution in [0.15, 0.2) is 84.4 Å². The predicted octanol–water partition coefficient (Wildman–Crippen LogP) is 6.14. The molecule has 0 fully saturated rings. The molecule has 0 aliphatic heterocycles. The molecule has 0 atom stereocenters. The van der Waals surface area contributed by atoms with Crippen LogP contribution in [0.2, 0.25) is 0 Å². The van der Waals surface area contributed by atoms with E-state index in [1.807, 2.05) is 79.7 Å². The molecular weight excluding hydrogens is 308 g/mol. The van der Waals surface area contributed by atoms with Gasteiger partial charge < -0.3 is 4.74 Å². The van der Waals surface area contributed by atoms with Gasteiger partial charge in [-0.05, 0) is 43.2 Å². The van der Waals surface area contributed by atoms with Crippen molar-refractivity contribution in [3.8, 4) is 22.6 Å². The Labute approximate surface area is 148 Å². The molecule has 0 bridgehead atoms. The van der Waals surface area contributed by atoms with Gasteiger partial charge in [0.25, 0.3) is 0 Å². The van der Waals surface area contributed by atoms with Gasteiger partial charge in [0.2, 0.25) is 0 Å². The quantitative estimate of drug-likeness (QED) is 0.526. The number of carbonyl (C=O) groups excluding carboxylic acids is 1. The van der Waals surface area contributed by atoms with E-state index in [0.29, 0.717) is 5.57 Å². The van der Waals surface area contributed by atoms with Gasteiger partial charge in [-0.15, -0.1) is 0 Å². The fourth-order valence-electron chi connectivity index (χ4n) is 2.56. The van der Waals surface area contributed by atoms with Gasteiger partial charge in [-0.3, -0.25) is 4.79 Å². The second kappa shape index (κ2) is 7.63. The maximum atomic E-state index is 11.5. The molecule has 124 valence electrons. The number of para-hydroxylation sites is 2. The Kier molecular flexibility index (Phi) is 5.10. The summed E-state index contributed by atoms with van der Waals surface area (Å²) in [7, 11) is 0. The number of hydrogen-bond acceptors (Lipinski definition) is 2. The summed E-state index contributed by atoms with van der Waals surface area (Å²) < 4.78 is 6.22. The summed E-state index contributed by atoms with van der Waals surface area (Å²) >= 11 is 0. The predicted molar refractivity (Wildman–Crippen MR) is 103 cm³/mol. The van der Waals surface area contributed by atoms with Crippen LogP contribution in [-0.4, -0.2) is 5.78 Å². The first-order valence-electron chi connectivity index (χ1n) is 8.26. The molecule has 3 aromatic carbocycles. The van der Waals surface area contributed by atoms with Crippen LogP contribution in [0.1, 0.15) is 19.4 Å². The molecule has 2 nitrogen and oxygen atoms in total. The lowest BCUT2D eigenvalue weighted by atomic mass is 10.0. The average Bonchev–Trinajstić information content (AvgIpc) is 2.64. The number of ether oxygens (including phenoxy) is 1. The summed E-state index contributed by atoms with van der Waals surface area (Å²) in [6.45, 7) is 3.39. The fourth-order valence-corrected chi connectivity index (χ4v) is 2.56. The molecule has 3 aromatic rings. The molecule has 0 aliphatic rings. The number of Topliss-reactive ketones (excluding diaryl/α,β-unsaturated/α-hetero) is 1. The van der Waals surface area contributed by atoms with Gasteiger partial charge in [-0.25, -0.2) is 0 Å². The molecule has 25 heavy (non-hydrogen) atoms. The van der Waals surface area contributed by atoms with E-state index in [2.05, 4.69) is 12.1 Å². The van der Waals surface area contributed by atoms with Crippen LogP contribution >= 0.6 is 0 Å². The molecule has 0 spiro atoms. The summed E-state index contributed by atoms with van der Waals surface area (Å²) in [6.07, 6.45) is 1.86. The van der Waals surface area contributed by atoms with Crippen LogP contribution in [0.25, 0.3) is 17.2 Å². The lowest BCUT2D eigenvalue weighted by Crippen LogP contribution is -1.93. The summed E-state index contributed by atoms with van der Waals surface area (Å²) in [6, 6.07) is 25.9. The number of rotatable bonds is 5. The van der Waals surface area contributed by atoms with E-state index in [-0.39, 0.29) is 5.78 Å². The molecule has 0 saturated carbocycles. The van der Waals surface area contributed by atoms with Crippen LogP contribution in [0.3, 0.4) is 0 Å². The zero-order valence-corrected chi connectivity index (χ0v) is 14.4. The van der Waals surface area contributed by atoms with Crippen LogP contribution in [0.4, 0.5) is 0 Å². The Morgan fingerprint density at radius 3 is 2.08 bits per heavy atom. The Morgan fingerprint density at radius 2 is 1.36 bits per heavy atom. The molecule has 3 rings (SSSR count). The standard InChI is InChI=1S/C23H20O2/c1-17(18(2)24)16-20-12-6-8-14-22(20)25-23-15-9-7-13-21(23)19-10-4-3-5-11-19/h3-16H,1-2H3/b17-16+. The van der Waals surface area contributed by atoms with Crippen molar-refractivity contribution < 1.29 is 9.53 Å². The Morgan fingerprint density at radius 1 is 0.760 bits per heavy atom. The van der Waals surface area contributed by atoms with E-state index in [4.69, 9.17) is 4.74 Å². The van der Waals surface area contributed by atoms with Crippen molar-refractivity contribution in [2.45, 2.75) is 13.8 Å². The zero-order chi connectivity index (χ0) is 17.6. The number of ketones is 1. The van der Waals surface area contributed by atoms with Crippen LogP contribution in [0, 0.1) is 0 Å². The Balaban J connectivity index is 2.00. The van der Waals surface area contributed by atoms with Crippen molar-refractivity contribution in [3.63, 3.8) is 0 Å². The van der Waals surface area contributed by atoms with Crippen LogP contribution in [-0.2, 0) is 4.79 Å². The van der Waals surface area contributed by atoms with Crippen molar-refractivity contribution in [2.24, 2.45) is 0 Å². The second-order valence-electron chi connectivity index (χ2n) is 5.89. The second-order valence-corrected chi connectivity index (χ2v) is 5.89. The maximum absolute atomic E-state index is 11.5. The van der Waals surface area contributed by atoms with Crippen molar-refractivity contribution in [1.82, 2.24) is 0 Å². The normalized spacial score (nSPS) is 11.2. The van der Waals surface area contributed by atoms with Crippen LogP contribution < -0.4 is 4.74 Å². The highest BCUT2D eigenvalue weighted by molar-refractivity contribution is 5.97. The van der Waals surface area contributed by atoms with Gasteiger partial charge >= 0.3 is 0 Å². The van der Waals surface area contributed by atoms with Gasteiger partial charge in [-0.1, -0.05) is 66.7 Å². The monoisotopic (exact) mass is 328 g/mol. The highest BCUT2D eigenvalue weighted by Gasteiger charge is 2.09. The Hall–Kier alpha value is -3.13. The number of benzene rings is 3. The van der Waals surface area contributed by atoms with Crippen LogP contribution in [0.5, 0.6) is 11.5 Å². The zero-order valence-electron chi connectivity index (χ0n) is 14.4. The molecule has 0 aliphatic carbocycles. The third kappa shape index (κ3) is 4.04. The summed E-state index contributed by atoms with van der Waals surface area (Å²) in [5, 5.41) is 0. The minimum absolute atomic E-state index is 0.0551. The fraction of sp³-hybridized carbons (Fsp3) is 0.0870. The first kappa shape index (κ1) is 16.7. The average molecular weight is 328 g/mol. The molecule has 0 N–H and O–H groups in total. The van der Waals surface area contributed by atoms with E-state index in [1.165, 1.54) is 0 Å². The van der Waals surface area contributed by atoms with Gasteiger partial charge in [0, 0.05) is 11.1 Å². The highest BCUT2D eigenvalue weighted by Crippen LogP contribution is 2.34. The molecule has 0 radical (unpaired) electrons. The molecule has 2 heteroatoms. The van der Waals surface area contributed by atoms with E-state index in [9.17, 15) is 4.79 Å². The lowest BCUT2D eigenvalue weighted by molar-refractivity contribution is -0.113. The van der Waals surface area contributed by atoms with Gasteiger partial charge in [-0.2, -0.15) is 0 Å². The highest BCUT2D eigenvalue weighted by atomic mass is 16.5. The number of carbonyl (C=O) groups is 1. The summed E-state index contributed by atoms with van der Waals surface area (Å²) in [5.41, 5.74) is 3.72. The van der Waals surface area contributed by atoms with Crippen molar-refractivity contribution >= 4 is 11.9 Å². The molecule has 0 unspecified atom stereocenters. The number of allylic oxidation sites excluding steroid dienone is 1. The van der Waals surface area contributed by atoms with Crippen molar-refractivity contribution in [3.05, 3.63) is 90.0 Å². The third-order valence-electron chi connectivity index (χ3n) is 4.04. The Bertz CT molecular complexity index is 908. The summed E-state index contributed by atoms with van der Waals surface area (Å²) in [4.78, 5) is 11.5.